The van der Waals surface area contributed by atoms with Crippen LogP contribution in [0.4, 0.5) is 4.39 Å². The number of amides is 2. The Morgan fingerprint density at radius 3 is 2.65 bits per heavy atom. The Kier molecular flexibility index (Phi) is 7.69. The van der Waals surface area contributed by atoms with Crippen molar-refractivity contribution in [3.05, 3.63) is 58.5 Å². The Balaban J connectivity index is 1.30. The lowest BCUT2D eigenvalue weighted by Crippen LogP contribution is -2.51. The molecule has 4 rings (SSSR count). The Morgan fingerprint density at radius 1 is 1.18 bits per heavy atom. The van der Waals surface area contributed by atoms with E-state index >= 15 is 0 Å². The third-order valence-corrected chi connectivity index (χ3v) is 6.67. The number of aryl methyl sites for hydroxylation is 1. The summed E-state index contributed by atoms with van der Waals surface area (Å²) in [7, 11) is 0. The second-order valence-electron chi connectivity index (χ2n) is 8.33. The molecule has 0 spiro atoms. The molecule has 0 aliphatic carbocycles. The summed E-state index contributed by atoms with van der Waals surface area (Å²) in [6.45, 7) is 6.94. The Hall–Kier alpha value is -3.11. The third kappa shape index (κ3) is 5.68. The van der Waals surface area contributed by atoms with Crippen LogP contribution in [0.5, 0.6) is 0 Å². The van der Waals surface area contributed by atoms with Gasteiger partial charge in [-0.2, -0.15) is 0 Å². The van der Waals surface area contributed by atoms with Crippen molar-refractivity contribution in [1.82, 2.24) is 24.9 Å². The van der Waals surface area contributed by atoms with Crippen LogP contribution in [0.3, 0.4) is 0 Å². The van der Waals surface area contributed by atoms with Crippen molar-refractivity contribution in [3.63, 3.8) is 0 Å². The summed E-state index contributed by atoms with van der Waals surface area (Å²) in [5.74, 6) is 0.289. The van der Waals surface area contributed by atoms with Crippen molar-refractivity contribution in [3.8, 4) is 10.8 Å². The SMILES string of the molecule is CCCN(Cc1nnc(-c2cccs2)o1)C(=O)CN1CCN(C(=O)c2ccc(C)c(F)c2)CC1. The minimum Gasteiger partial charge on any atom is -0.418 e. The topological polar surface area (TPSA) is 82.8 Å². The van der Waals surface area contributed by atoms with Gasteiger partial charge in [0.25, 0.3) is 11.8 Å². The van der Waals surface area contributed by atoms with Gasteiger partial charge in [-0.1, -0.05) is 19.1 Å². The molecule has 2 aromatic heterocycles. The van der Waals surface area contributed by atoms with Crippen molar-refractivity contribution < 1.29 is 18.4 Å². The van der Waals surface area contributed by atoms with E-state index in [1.54, 1.807) is 28.9 Å². The average Bonchev–Trinajstić information content (AvgIpc) is 3.53. The van der Waals surface area contributed by atoms with E-state index in [2.05, 4.69) is 10.2 Å². The number of aromatic nitrogens is 2. The lowest BCUT2D eigenvalue weighted by molar-refractivity contribution is -0.133. The molecule has 1 aliphatic heterocycles. The number of nitrogens with zero attached hydrogens (tertiary/aromatic N) is 5. The molecular formula is C24H28FN5O3S. The fourth-order valence-electron chi connectivity index (χ4n) is 3.85. The van der Waals surface area contributed by atoms with Crippen LogP contribution in [-0.4, -0.2) is 76.0 Å². The number of thiophene rings is 1. The first-order valence-electron chi connectivity index (χ1n) is 11.4. The molecule has 10 heteroatoms. The summed E-state index contributed by atoms with van der Waals surface area (Å²) >= 11 is 1.52. The van der Waals surface area contributed by atoms with Gasteiger partial charge in [0.05, 0.1) is 18.0 Å². The van der Waals surface area contributed by atoms with Gasteiger partial charge in [0.15, 0.2) is 0 Å². The molecule has 0 saturated carbocycles. The maximum absolute atomic E-state index is 13.8. The molecule has 0 atom stereocenters. The molecule has 34 heavy (non-hydrogen) atoms. The first-order valence-corrected chi connectivity index (χ1v) is 12.2. The zero-order chi connectivity index (χ0) is 24.1. The third-order valence-electron chi connectivity index (χ3n) is 5.81. The van der Waals surface area contributed by atoms with Gasteiger partial charge in [-0.05, 0) is 42.5 Å². The van der Waals surface area contributed by atoms with E-state index in [1.165, 1.54) is 17.4 Å². The zero-order valence-electron chi connectivity index (χ0n) is 19.4. The van der Waals surface area contributed by atoms with E-state index in [1.807, 2.05) is 29.3 Å². The van der Waals surface area contributed by atoms with Crippen molar-refractivity contribution in [1.29, 1.82) is 0 Å². The number of rotatable bonds is 8. The molecular weight excluding hydrogens is 457 g/mol. The van der Waals surface area contributed by atoms with Crippen LogP contribution in [0, 0.1) is 12.7 Å². The molecule has 0 N–H and O–H groups in total. The van der Waals surface area contributed by atoms with Crippen molar-refractivity contribution in [2.45, 2.75) is 26.8 Å². The van der Waals surface area contributed by atoms with Crippen LogP contribution in [-0.2, 0) is 11.3 Å². The van der Waals surface area contributed by atoms with E-state index in [0.717, 1.165) is 11.3 Å². The second kappa shape index (κ2) is 10.9. The minimum absolute atomic E-state index is 0.0156. The van der Waals surface area contributed by atoms with Gasteiger partial charge >= 0.3 is 0 Å². The van der Waals surface area contributed by atoms with E-state index in [-0.39, 0.29) is 30.7 Å². The van der Waals surface area contributed by atoms with Crippen LogP contribution in [0.15, 0.2) is 40.1 Å². The maximum atomic E-state index is 13.8. The van der Waals surface area contributed by atoms with Gasteiger partial charge in [-0.25, -0.2) is 4.39 Å². The van der Waals surface area contributed by atoms with E-state index in [0.29, 0.717) is 55.6 Å². The first kappa shape index (κ1) is 24.0. The molecule has 0 radical (unpaired) electrons. The number of benzene rings is 1. The maximum Gasteiger partial charge on any atom is 0.257 e. The fraction of sp³-hybridized carbons (Fsp3) is 0.417. The summed E-state index contributed by atoms with van der Waals surface area (Å²) in [5.41, 5.74) is 0.864. The molecule has 3 aromatic rings. The van der Waals surface area contributed by atoms with Crippen LogP contribution < -0.4 is 0 Å². The molecule has 1 saturated heterocycles. The van der Waals surface area contributed by atoms with Gasteiger partial charge in [0, 0.05) is 38.3 Å². The second-order valence-corrected chi connectivity index (χ2v) is 9.27. The quantitative estimate of drug-likeness (QED) is 0.486. The van der Waals surface area contributed by atoms with Crippen LogP contribution in [0.1, 0.15) is 35.2 Å². The zero-order valence-corrected chi connectivity index (χ0v) is 20.2. The monoisotopic (exact) mass is 485 g/mol. The van der Waals surface area contributed by atoms with Gasteiger partial charge in [0.1, 0.15) is 5.82 Å². The lowest BCUT2D eigenvalue weighted by Gasteiger charge is -2.35. The summed E-state index contributed by atoms with van der Waals surface area (Å²) in [5, 5.41) is 10.1. The summed E-state index contributed by atoms with van der Waals surface area (Å²) in [6, 6.07) is 8.39. The number of hydrogen-bond donors (Lipinski definition) is 0. The molecule has 8 nitrogen and oxygen atoms in total. The molecule has 0 unspecified atom stereocenters. The normalized spacial score (nSPS) is 14.4. The highest BCUT2D eigenvalue weighted by molar-refractivity contribution is 7.13. The molecule has 1 fully saturated rings. The number of carbonyl (C=O) groups is 2. The van der Waals surface area contributed by atoms with Gasteiger partial charge in [-0.15, -0.1) is 21.5 Å². The van der Waals surface area contributed by atoms with Gasteiger partial charge in [-0.3, -0.25) is 14.5 Å². The first-order chi connectivity index (χ1) is 16.4. The highest BCUT2D eigenvalue weighted by Gasteiger charge is 2.26. The van der Waals surface area contributed by atoms with Crippen molar-refractivity contribution in [2.75, 3.05) is 39.3 Å². The van der Waals surface area contributed by atoms with Crippen LogP contribution >= 0.6 is 11.3 Å². The number of hydrogen-bond acceptors (Lipinski definition) is 7. The largest absolute Gasteiger partial charge is 0.418 e. The number of halogens is 1. The van der Waals surface area contributed by atoms with E-state index in [4.69, 9.17) is 4.42 Å². The predicted molar refractivity (Wildman–Crippen MR) is 127 cm³/mol. The summed E-state index contributed by atoms with van der Waals surface area (Å²) in [4.78, 5) is 32.1. The minimum atomic E-state index is -0.380. The van der Waals surface area contributed by atoms with Crippen LogP contribution in [0.2, 0.25) is 0 Å². The highest BCUT2D eigenvalue weighted by atomic mass is 32.1. The highest BCUT2D eigenvalue weighted by Crippen LogP contribution is 2.23. The Labute approximate surface area is 202 Å². The fourth-order valence-corrected chi connectivity index (χ4v) is 4.50. The molecule has 0 bridgehead atoms. The van der Waals surface area contributed by atoms with Crippen LogP contribution in [0.25, 0.3) is 10.8 Å². The van der Waals surface area contributed by atoms with Crippen molar-refractivity contribution >= 4 is 23.2 Å². The molecule has 2 amide bonds. The Morgan fingerprint density at radius 2 is 1.97 bits per heavy atom. The smallest absolute Gasteiger partial charge is 0.257 e. The standard InChI is InChI=1S/C24H28FN5O3S/c1-3-8-30(15-21-26-27-23(33-21)20-5-4-13-34-20)22(31)16-28-9-11-29(12-10-28)24(32)18-7-6-17(2)19(25)14-18/h4-7,13-14H,3,8-12,15-16H2,1-2H3. The Bertz CT molecular complexity index is 1130. The number of piperazine rings is 1. The summed E-state index contributed by atoms with van der Waals surface area (Å²) in [6.07, 6.45) is 0.813. The molecule has 180 valence electrons. The molecule has 1 aromatic carbocycles. The van der Waals surface area contributed by atoms with Gasteiger partial charge in [0.2, 0.25) is 11.8 Å². The summed E-state index contributed by atoms with van der Waals surface area (Å²) < 4.78 is 19.6. The molecule has 3 heterocycles. The van der Waals surface area contributed by atoms with E-state index in [9.17, 15) is 14.0 Å². The predicted octanol–water partition coefficient (Wildman–Crippen LogP) is 3.44. The van der Waals surface area contributed by atoms with Crippen molar-refractivity contribution in [2.24, 2.45) is 0 Å². The van der Waals surface area contributed by atoms with Gasteiger partial charge < -0.3 is 14.2 Å². The number of carbonyl (C=O) groups excluding carboxylic acids is 2. The average molecular weight is 486 g/mol. The molecule has 1 aliphatic rings. The van der Waals surface area contributed by atoms with E-state index < -0.39 is 0 Å². The lowest BCUT2D eigenvalue weighted by atomic mass is 10.1.